The van der Waals surface area contributed by atoms with Crippen molar-refractivity contribution in [3.8, 4) is 0 Å². The van der Waals surface area contributed by atoms with E-state index in [0.29, 0.717) is 6.61 Å². The number of aryl methyl sites for hydroxylation is 2. The van der Waals surface area contributed by atoms with Crippen LogP contribution in [0.15, 0.2) is 18.2 Å². The van der Waals surface area contributed by atoms with Crippen LogP contribution in [0, 0.1) is 5.82 Å². The molecule has 0 radical (unpaired) electrons. The van der Waals surface area contributed by atoms with Gasteiger partial charge in [0.15, 0.2) is 0 Å². The Morgan fingerprint density at radius 3 is 2.62 bits per heavy atom. The molecule has 0 aromatic heterocycles. The number of halogens is 1. The monoisotopic (exact) mass is 224 g/mol. The van der Waals surface area contributed by atoms with Crippen LogP contribution in [-0.2, 0) is 17.6 Å². The molecule has 0 aliphatic heterocycles. The Morgan fingerprint density at radius 2 is 2.06 bits per heavy atom. The van der Waals surface area contributed by atoms with Gasteiger partial charge in [0, 0.05) is 6.61 Å². The zero-order valence-electron chi connectivity index (χ0n) is 10.4. The summed E-state index contributed by atoms with van der Waals surface area (Å²) in [6.07, 6.45) is 2.77. The van der Waals surface area contributed by atoms with Gasteiger partial charge in [0.2, 0.25) is 0 Å². The lowest BCUT2D eigenvalue weighted by atomic mass is 10.1. The van der Waals surface area contributed by atoms with Crippen molar-refractivity contribution in [1.29, 1.82) is 0 Å². The smallest absolute Gasteiger partial charge is 0.126 e. The Balaban J connectivity index is 2.42. The van der Waals surface area contributed by atoms with Gasteiger partial charge in [-0.2, -0.15) is 0 Å². The van der Waals surface area contributed by atoms with E-state index in [1.807, 2.05) is 32.9 Å². The van der Waals surface area contributed by atoms with Crippen LogP contribution >= 0.6 is 0 Å². The minimum atomic E-state index is -0.0797. The van der Waals surface area contributed by atoms with Crippen LogP contribution in [0.4, 0.5) is 4.39 Å². The number of rotatable bonds is 6. The van der Waals surface area contributed by atoms with E-state index in [1.54, 1.807) is 6.07 Å². The quantitative estimate of drug-likeness (QED) is 0.669. The molecular weight excluding hydrogens is 203 g/mol. The molecule has 90 valence electrons. The summed E-state index contributed by atoms with van der Waals surface area (Å²) in [6, 6.07) is 5.53. The zero-order valence-corrected chi connectivity index (χ0v) is 10.4. The SMILES string of the molecule is CCc1ccc(CCCOC(C)C)c(F)c1. The van der Waals surface area contributed by atoms with Crippen LogP contribution in [0.2, 0.25) is 0 Å². The van der Waals surface area contributed by atoms with Crippen LogP contribution in [-0.4, -0.2) is 12.7 Å². The summed E-state index contributed by atoms with van der Waals surface area (Å²) in [5, 5.41) is 0. The third-order valence-corrected chi connectivity index (χ3v) is 2.57. The molecule has 0 aliphatic rings. The molecule has 1 nitrogen and oxygen atoms in total. The molecule has 1 rings (SSSR count). The molecule has 0 bridgehead atoms. The molecule has 0 amide bonds. The molecule has 1 aromatic rings. The van der Waals surface area contributed by atoms with E-state index < -0.39 is 0 Å². The van der Waals surface area contributed by atoms with Crippen molar-refractivity contribution in [1.82, 2.24) is 0 Å². The largest absolute Gasteiger partial charge is 0.379 e. The average Bonchev–Trinajstić information content (AvgIpc) is 2.25. The Kier molecular flexibility index (Phi) is 5.47. The molecule has 0 saturated carbocycles. The number of ether oxygens (including phenoxy) is 1. The Labute approximate surface area is 97.6 Å². The molecule has 2 heteroatoms. The van der Waals surface area contributed by atoms with E-state index in [1.165, 1.54) is 0 Å². The Bertz CT molecular complexity index is 321. The standard InChI is InChI=1S/C14H21FO/c1-4-12-7-8-13(14(15)10-12)6-5-9-16-11(2)3/h7-8,10-11H,4-6,9H2,1-3H3. The maximum atomic E-state index is 13.6. The number of benzene rings is 1. The maximum absolute atomic E-state index is 13.6. The molecule has 16 heavy (non-hydrogen) atoms. The first-order chi connectivity index (χ1) is 7.63. The fourth-order valence-electron chi connectivity index (χ4n) is 1.60. The van der Waals surface area contributed by atoms with Gasteiger partial charge in [-0.3, -0.25) is 0 Å². The predicted octanol–water partition coefficient (Wildman–Crippen LogP) is 3.75. The van der Waals surface area contributed by atoms with Crippen LogP contribution in [0.25, 0.3) is 0 Å². The van der Waals surface area contributed by atoms with Gasteiger partial charge in [0.1, 0.15) is 5.82 Å². The minimum Gasteiger partial charge on any atom is -0.379 e. The molecule has 0 saturated heterocycles. The predicted molar refractivity (Wildman–Crippen MR) is 65.2 cm³/mol. The van der Waals surface area contributed by atoms with Gasteiger partial charge < -0.3 is 4.74 Å². The Morgan fingerprint density at radius 1 is 1.31 bits per heavy atom. The van der Waals surface area contributed by atoms with Gasteiger partial charge in [0.25, 0.3) is 0 Å². The second-order valence-corrected chi connectivity index (χ2v) is 4.30. The van der Waals surface area contributed by atoms with Crippen LogP contribution in [0.5, 0.6) is 0 Å². The van der Waals surface area contributed by atoms with E-state index in [2.05, 4.69) is 0 Å². The lowest BCUT2D eigenvalue weighted by Crippen LogP contribution is -2.05. The van der Waals surface area contributed by atoms with Crippen molar-refractivity contribution < 1.29 is 9.13 Å². The molecule has 0 unspecified atom stereocenters. The zero-order chi connectivity index (χ0) is 12.0. The van der Waals surface area contributed by atoms with E-state index in [0.717, 1.165) is 30.4 Å². The summed E-state index contributed by atoms with van der Waals surface area (Å²) in [5.74, 6) is -0.0797. The summed E-state index contributed by atoms with van der Waals surface area (Å²) in [7, 11) is 0. The van der Waals surface area contributed by atoms with E-state index in [9.17, 15) is 4.39 Å². The van der Waals surface area contributed by atoms with Gasteiger partial charge in [0.05, 0.1) is 6.10 Å². The molecule has 0 fully saturated rings. The molecule has 0 atom stereocenters. The molecule has 0 heterocycles. The normalized spacial score (nSPS) is 11.1. The summed E-state index contributed by atoms with van der Waals surface area (Å²) in [5.41, 5.74) is 1.85. The van der Waals surface area contributed by atoms with Gasteiger partial charge in [-0.05, 0) is 50.3 Å². The highest BCUT2D eigenvalue weighted by atomic mass is 19.1. The van der Waals surface area contributed by atoms with E-state index >= 15 is 0 Å². The molecule has 0 spiro atoms. The fourth-order valence-corrected chi connectivity index (χ4v) is 1.60. The summed E-state index contributed by atoms with van der Waals surface area (Å²) < 4.78 is 19.0. The van der Waals surface area contributed by atoms with Crippen molar-refractivity contribution >= 4 is 0 Å². The molecule has 0 N–H and O–H groups in total. The highest BCUT2D eigenvalue weighted by molar-refractivity contribution is 5.24. The molecule has 1 aromatic carbocycles. The Hall–Kier alpha value is -0.890. The first-order valence-corrected chi connectivity index (χ1v) is 6.02. The molecule has 0 aliphatic carbocycles. The van der Waals surface area contributed by atoms with Crippen molar-refractivity contribution in [2.24, 2.45) is 0 Å². The average molecular weight is 224 g/mol. The first kappa shape index (κ1) is 13.2. The lowest BCUT2D eigenvalue weighted by molar-refractivity contribution is 0.0771. The highest BCUT2D eigenvalue weighted by Crippen LogP contribution is 2.13. The second-order valence-electron chi connectivity index (χ2n) is 4.30. The van der Waals surface area contributed by atoms with Crippen LogP contribution in [0.1, 0.15) is 38.3 Å². The molecular formula is C14H21FO. The van der Waals surface area contributed by atoms with Gasteiger partial charge >= 0.3 is 0 Å². The van der Waals surface area contributed by atoms with Gasteiger partial charge in [-0.15, -0.1) is 0 Å². The maximum Gasteiger partial charge on any atom is 0.126 e. The van der Waals surface area contributed by atoms with Gasteiger partial charge in [-0.1, -0.05) is 19.1 Å². The van der Waals surface area contributed by atoms with Crippen LogP contribution in [0.3, 0.4) is 0 Å². The first-order valence-electron chi connectivity index (χ1n) is 6.02. The summed E-state index contributed by atoms with van der Waals surface area (Å²) in [6.45, 7) is 6.75. The van der Waals surface area contributed by atoms with Crippen molar-refractivity contribution in [2.45, 2.75) is 46.1 Å². The minimum absolute atomic E-state index is 0.0797. The van der Waals surface area contributed by atoms with E-state index in [-0.39, 0.29) is 11.9 Å². The van der Waals surface area contributed by atoms with Crippen molar-refractivity contribution in [3.63, 3.8) is 0 Å². The summed E-state index contributed by atoms with van der Waals surface area (Å²) >= 11 is 0. The van der Waals surface area contributed by atoms with Gasteiger partial charge in [-0.25, -0.2) is 4.39 Å². The fraction of sp³-hybridized carbons (Fsp3) is 0.571. The second kappa shape index (κ2) is 6.64. The van der Waals surface area contributed by atoms with Crippen molar-refractivity contribution in [2.75, 3.05) is 6.61 Å². The number of hydrogen-bond acceptors (Lipinski definition) is 1. The lowest BCUT2D eigenvalue weighted by Gasteiger charge is -2.08. The highest BCUT2D eigenvalue weighted by Gasteiger charge is 2.03. The van der Waals surface area contributed by atoms with Crippen molar-refractivity contribution in [3.05, 3.63) is 35.1 Å². The van der Waals surface area contributed by atoms with Crippen LogP contribution < -0.4 is 0 Å². The third-order valence-electron chi connectivity index (χ3n) is 2.57. The summed E-state index contributed by atoms with van der Waals surface area (Å²) in [4.78, 5) is 0. The van der Waals surface area contributed by atoms with E-state index in [4.69, 9.17) is 4.74 Å². The topological polar surface area (TPSA) is 9.23 Å². The number of hydrogen-bond donors (Lipinski definition) is 0. The third kappa shape index (κ3) is 4.31.